The zero-order valence-electron chi connectivity index (χ0n) is 12.1. The summed E-state index contributed by atoms with van der Waals surface area (Å²) in [5.74, 6) is 0.0315. The Morgan fingerprint density at radius 2 is 1.67 bits per heavy atom. The van der Waals surface area contributed by atoms with Gasteiger partial charge < -0.3 is 9.08 Å². The molecule has 6 nitrogen and oxygen atoms in total. The van der Waals surface area contributed by atoms with Crippen molar-refractivity contribution in [3.63, 3.8) is 0 Å². The zero-order valence-corrected chi connectivity index (χ0v) is 12.9. The van der Waals surface area contributed by atoms with Gasteiger partial charge in [0.2, 0.25) is 5.88 Å². The lowest BCUT2D eigenvalue weighted by Crippen LogP contribution is -2.27. The number of pyridine rings is 1. The minimum absolute atomic E-state index is 0.0315. The Morgan fingerprint density at radius 3 is 2.29 bits per heavy atom. The first-order chi connectivity index (χ1) is 9.90. The molecule has 0 fully saturated rings. The number of benzene rings is 1. The van der Waals surface area contributed by atoms with Gasteiger partial charge in [0.05, 0.1) is 0 Å². The van der Waals surface area contributed by atoms with Crippen LogP contribution in [0, 0.1) is 0 Å². The van der Waals surface area contributed by atoms with Gasteiger partial charge in [-0.2, -0.15) is 12.7 Å². The largest absolute Gasteiger partial charge is 0.386 e. The molecule has 0 radical (unpaired) electrons. The van der Waals surface area contributed by atoms with Gasteiger partial charge in [-0.1, -0.05) is 18.2 Å². The van der Waals surface area contributed by atoms with Crippen LogP contribution in [0.5, 0.6) is 5.88 Å². The summed E-state index contributed by atoms with van der Waals surface area (Å²) < 4.78 is 29.3. The van der Waals surface area contributed by atoms with E-state index < -0.39 is 10.3 Å². The number of hydrogen-bond acceptors (Lipinski definition) is 5. The van der Waals surface area contributed by atoms with Gasteiger partial charge in [0, 0.05) is 44.8 Å². The Balaban J connectivity index is 2.26. The molecule has 21 heavy (non-hydrogen) atoms. The van der Waals surface area contributed by atoms with Crippen molar-refractivity contribution >= 4 is 21.7 Å². The zero-order chi connectivity index (χ0) is 15.5. The normalized spacial score (nSPS) is 11.4. The van der Waals surface area contributed by atoms with Gasteiger partial charge in [-0.25, -0.2) is 4.98 Å². The lowest BCUT2D eigenvalue weighted by atomic mass is 10.2. The quantitative estimate of drug-likeness (QED) is 0.846. The SMILES string of the molecule is CN(c1ccccc1)c1ccnc(OS(=O)(=O)N(C)C)c1. The van der Waals surface area contributed by atoms with Crippen LogP contribution in [0.25, 0.3) is 0 Å². The van der Waals surface area contributed by atoms with Crippen molar-refractivity contribution in [1.29, 1.82) is 0 Å². The smallest absolute Gasteiger partial charge is 0.350 e. The van der Waals surface area contributed by atoms with Crippen molar-refractivity contribution in [2.24, 2.45) is 0 Å². The van der Waals surface area contributed by atoms with Crippen LogP contribution < -0.4 is 9.08 Å². The average Bonchev–Trinajstić information content (AvgIpc) is 2.47. The summed E-state index contributed by atoms with van der Waals surface area (Å²) in [6, 6.07) is 13.1. The van der Waals surface area contributed by atoms with E-state index in [1.54, 1.807) is 12.1 Å². The van der Waals surface area contributed by atoms with Crippen molar-refractivity contribution in [2.45, 2.75) is 0 Å². The first kappa shape index (κ1) is 15.3. The van der Waals surface area contributed by atoms with Gasteiger partial charge in [-0.05, 0) is 18.2 Å². The van der Waals surface area contributed by atoms with Crippen molar-refractivity contribution in [3.8, 4) is 5.88 Å². The van der Waals surface area contributed by atoms with E-state index in [9.17, 15) is 8.42 Å². The third kappa shape index (κ3) is 3.71. The molecule has 0 amide bonds. The summed E-state index contributed by atoms with van der Waals surface area (Å²) >= 11 is 0. The van der Waals surface area contributed by atoms with E-state index in [2.05, 4.69) is 4.98 Å². The molecule has 2 aromatic rings. The van der Waals surface area contributed by atoms with E-state index in [0.29, 0.717) is 0 Å². The highest BCUT2D eigenvalue weighted by molar-refractivity contribution is 7.84. The fraction of sp³-hybridized carbons (Fsp3) is 0.214. The monoisotopic (exact) mass is 307 g/mol. The molecule has 1 aromatic heterocycles. The number of nitrogens with zero attached hydrogens (tertiary/aromatic N) is 3. The molecule has 2 rings (SSSR count). The maximum Gasteiger partial charge on any atom is 0.386 e. The number of anilines is 2. The molecule has 0 spiro atoms. The van der Waals surface area contributed by atoms with Crippen LogP contribution in [0.4, 0.5) is 11.4 Å². The van der Waals surface area contributed by atoms with E-state index in [1.807, 2.05) is 42.3 Å². The number of para-hydroxylation sites is 1. The van der Waals surface area contributed by atoms with E-state index in [0.717, 1.165) is 15.7 Å². The molecule has 0 unspecified atom stereocenters. The topological polar surface area (TPSA) is 62.7 Å². The molecular formula is C14H17N3O3S. The summed E-state index contributed by atoms with van der Waals surface area (Å²) in [7, 11) is 0.874. The first-order valence-electron chi connectivity index (χ1n) is 6.27. The standard InChI is InChI=1S/C14H17N3O3S/c1-16(2)21(18,19)20-14-11-13(9-10-15-14)17(3)12-7-5-4-6-8-12/h4-11H,1-3H3. The summed E-state index contributed by atoms with van der Waals surface area (Å²) in [6.07, 6.45) is 1.51. The van der Waals surface area contributed by atoms with Crippen molar-refractivity contribution in [1.82, 2.24) is 9.29 Å². The maximum absolute atomic E-state index is 11.7. The second-order valence-corrected chi connectivity index (χ2v) is 6.32. The molecule has 7 heteroatoms. The third-order valence-electron chi connectivity index (χ3n) is 2.89. The van der Waals surface area contributed by atoms with Crippen LogP contribution in [0.15, 0.2) is 48.7 Å². The molecule has 1 heterocycles. The number of rotatable bonds is 5. The van der Waals surface area contributed by atoms with Gasteiger partial charge in [-0.15, -0.1) is 0 Å². The minimum atomic E-state index is -3.81. The lowest BCUT2D eigenvalue weighted by molar-refractivity contribution is 0.414. The molecule has 0 atom stereocenters. The van der Waals surface area contributed by atoms with Gasteiger partial charge in [0.15, 0.2) is 0 Å². The van der Waals surface area contributed by atoms with Gasteiger partial charge in [-0.3, -0.25) is 0 Å². The summed E-state index contributed by atoms with van der Waals surface area (Å²) in [4.78, 5) is 5.84. The van der Waals surface area contributed by atoms with E-state index in [4.69, 9.17) is 4.18 Å². The number of hydrogen-bond donors (Lipinski definition) is 0. The molecule has 0 aliphatic heterocycles. The lowest BCUT2D eigenvalue weighted by Gasteiger charge is -2.20. The van der Waals surface area contributed by atoms with Crippen LogP contribution >= 0.6 is 0 Å². The van der Waals surface area contributed by atoms with E-state index in [-0.39, 0.29) is 5.88 Å². The Bertz CT molecular complexity index is 702. The minimum Gasteiger partial charge on any atom is -0.350 e. The number of aromatic nitrogens is 1. The highest BCUT2D eigenvalue weighted by Crippen LogP contribution is 2.25. The van der Waals surface area contributed by atoms with Crippen molar-refractivity contribution < 1.29 is 12.6 Å². The third-order valence-corrected chi connectivity index (χ3v) is 4.16. The summed E-state index contributed by atoms with van der Waals surface area (Å²) in [5.41, 5.74) is 1.75. The maximum atomic E-state index is 11.7. The van der Waals surface area contributed by atoms with Crippen molar-refractivity contribution in [3.05, 3.63) is 48.7 Å². The van der Waals surface area contributed by atoms with Crippen LogP contribution in [0.2, 0.25) is 0 Å². The molecule has 112 valence electrons. The molecule has 0 aliphatic carbocycles. The van der Waals surface area contributed by atoms with Gasteiger partial charge >= 0.3 is 10.3 Å². The second kappa shape index (κ2) is 6.11. The van der Waals surface area contributed by atoms with Crippen LogP contribution in [-0.2, 0) is 10.3 Å². The Hall–Kier alpha value is -2.12. The highest BCUT2D eigenvalue weighted by atomic mass is 32.2. The van der Waals surface area contributed by atoms with E-state index in [1.165, 1.54) is 20.3 Å². The second-order valence-electron chi connectivity index (χ2n) is 4.57. The molecule has 0 N–H and O–H groups in total. The Morgan fingerprint density at radius 1 is 1.00 bits per heavy atom. The van der Waals surface area contributed by atoms with Crippen LogP contribution in [-0.4, -0.2) is 38.9 Å². The predicted molar refractivity (Wildman–Crippen MR) is 82.0 cm³/mol. The van der Waals surface area contributed by atoms with Gasteiger partial charge in [0.1, 0.15) is 0 Å². The van der Waals surface area contributed by atoms with E-state index >= 15 is 0 Å². The first-order valence-corrected chi connectivity index (χ1v) is 7.63. The van der Waals surface area contributed by atoms with Crippen molar-refractivity contribution in [2.75, 3.05) is 26.0 Å². The Labute approximate surface area is 124 Å². The fourth-order valence-electron chi connectivity index (χ4n) is 1.64. The Kier molecular flexibility index (Phi) is 4.44. The van der Waals surface area contributed by atoms with Crippen LogP contribution in [0.1, 0.15) is 0 Å². The fourth-order valence-corrected chi connectivity index (χ4v) is 2.09. The predicted octanol–water partition coefficient (Wildman–Crippen LogP) is 2.03. The molecule has 0 saturated heterocycles. The molecule has 0 aliphatic rings. The average molecular weight is 307 g/mol. The highest BCUT2D eigenvalue weighted by Gasteiger charge is 2.17. The summed E-state index contributed by atoms with van der Waals surface area (Å²) in [6.45, 7) is 0. The molecule has 1 aromatic carbocycles. The molecule has 0 bridgehead atoms. The van der Waals surface area contributed by atoms with Crippen LogP contribution in [0.3, 0.4) is 0 Å². The molecular weight excluding hydrogens is 290 g/mol. The summed E-state index contributed by atoms with van der Waals surface area (Å²) in [5, 5.41) is 0. The molecule has 0 saturated carbocycles. The van der Waals surface area contributed by atoms with Gasteiger partial charge in [0.25, 0.3) is 0 Å².